The molecule has 11 N–H and O–H groups in total. The standard InChI is InChI=1S/C9H11Cl.C9H12O.C7H6Cl2.C7H11NO7P2.2O5P2/c2*1-7-3-4-9(6-10)5-8(7)2;8-5-6-1-3-7(9)4-2-6;9-6-3-1-5(2-4-6)8-7(16(10,11)12)17(13,14)15;2*1-6(2)5-7(3)4/h3-5H,6H2,1-2H3;3-5,10H,6H2,1-2H3;1-4H,5H2;1-4,7-9H,(H2,10,11,12)(H2,13,14,15);;/p+4. The monoisotopic (exact) mass is 1020 g/mol. The van der Waals surface area contributed by atoms with Crippen LogP contribution in [0.25, 0.3) is 0 Å². The average molecular weight is 1020 g/mol. The normalized spacial score (nSPS) is 11.5. The Morgan fingerprint density at radius 1 is 0.583 bits per heavy atom. The van der Waals surface area contributed by atoms with E-state index in [1.807, 2.05) is 47.8 Å². The minimum atomic E-state index is -5.01. The molecule has 28 heteroatoms. The van der Waals surface area contributed by atoms with Gasteiger partial charge >= 0.3 is 48.2 Å². The average Bonchev–Trinajstić information content (AvgIpc) is 3.13. The molecule has 332 valence electrons. The summed E-state index contributed by atoms with van der Waals surface area (Å²) in [5.74, 6) is 1.08. The predicted molar refractivity (Wildman–Crippen MR) is 229 cm³/mol. The van der Waals surface area contributed by atoms with E-state index in [0.29, 0.717) is 11.8 Å². The minimum absolute atomic E-state index is 0.0689. The molecule has 0 saturated heterocycles. The Kier molecular flexibility index (Phi) is 31.5. The summed E-state index contributed by atoms with van der Waals surface area (Å²) in [4.78, 5) is 66.0. The number of phenols is 1. The van der Waals surface area contributed by atoms with Crippen molar-refractivity contribution in [1.29, 1.82) is 0 Å². The number of benzene rings is 4. The van der Waals surface area contributed by atoms with Gasteiger partial charge in [0.1, 0.15) is 5.75 Å². The summed E-state index contributed by atoms with van der Waals surface area (Å²) in [7, 11) is -21.7. The minimum Gasteiger partial charge on any atom is -0.508 e. The Morgan fingerprint density at radius 2 is 0.933 bits per heavy atom. The molecule has 0 aromatic heterocycles. The quantitative estimate of drug-likeness (QED) is 0.0379. The van der Waals surface area contributed by atoms with Gasteiger partial charge in [-0.2, -0.15) is 0 Å². The fraction of sp³-hybridized carbons (Fsp3) is 0.250. The van der Waals surface area contributed by atoms with E-state index in [-0.39, 0.29) is 18.0 Å². The molecule has 0 fully saturated rings. The number of hydrogen-bond acceptors (Lipinski definition) is 11. The van der Waals surface area contributed by atoms with Crippen LogP contribution in [0.3, 0.4) is 0 Å². The topological polar surface area (TPSA) is 335 Å². The highest BCUT2D eigenvalue weighted by atomic mass is 35.5. The number of nitrogens with one attached hydrogen (secondary N) is 1. The van der Waals surface area contributed by atoms with Gasteiger partial charge in [-0.05, 0) is 103 Å². The van der Waals surface area contributed by atoms with Crippen molar-refractivity contribution >= 4 is 88.7 Å². The molecule has 4 atom stereocenters. The summed E-state index contributed by atoms with van der Waals surface area (Å²) >= 11 is 16.8. The van der Waals surface area contributed by atoms with Crippen LogP contribution in [0.2, 0.25) is 5.02 Å². The third-order valence-electron chi connectivity index (χ3n) is 6.63. The lowest BCUT2D eigenvalue weighted by molar-refractivity contribution is 0.281. The van der Waals surface area contributed by atoms with Crippen molar-refractivity contribution < 1.29 is 85.4 Å². The van der Waals surface area contributed by atoms with Crippen LogP contribution in [0.1, 0.15) is 38.9 Å². The number of anilines is 1. The van der Waals surface area contributed by atoms with Crippen molar-refractivity contribution in [3.8, 4) is 5.75 Å². The van der Waals surface area contributed by atoms with Gasteiger partial charge in [0.15, 0.2) is 8.62 Å². The largest absolute Gasteiger partial charge is 0.745 e. The van der Waals surface area contributed by atoms with E-state index >= 15 is 0 Å². The third kappa shape index (κ3) is 30.7. The van der Waals surface area contributed by atoms with Gasteiger partial charge in [-0.1, -0.05) is 60.1 Å². The Bertz CT molecular complexity index is 1930. The molecular formula is C32H44Cl3NO18P6+4. The number of alkyl halides is 2. The van der Waals surface area contributed by atoms with Crippen molar-refractivity contribution in [2.24, 2.45) is 0 Å². The number of aryl methyl sites for hydroxylation is 4. The van der Waals surface area contributed by atoms with Gasteiger partial charge in [-0.3, -0.25) is 9.13 Å². The number of hydrogen-bond donors (Lipinski definition) is 11. The molecule has 4 aromatic carbocycles. The molecule has 19 nitrogen and oxygen atoms in total. The number of rotatable bonds is 11. The summed E-state index contributed by atoms with van der Waals surface area (Å²) in [5.41, 5.74) is 6.21. The first-order valence-electron chi connectivity index (χ1n) is 15.9. The highest BCUT2D eigenvalue weighted by Crippen LogP contribution is 2.59. The third-order valence-corrected chi connectivity index (χ3v) is 13.1. The SMILES string of the molecule is Cc1ccc(CCl)cc1C.Cc1ccc(CO)cc1C.ClCc1ccc(Cl)cc1.O=P(O)(O)C(Nc1ccc(O)cc1)P(=O)(O)O.O=[P+](O)O[P+](=O)O.O=[P+](O)O[P+](=O)O. The molecule has 4 rings (SSSR count). The molecule has 0 bridgehead atoms. The summed E-state index contributed by atoms with van der Waals surface area (Å²) in [6.45, 7) is 8.46. The van der Waals surface area contributed by atoms with E-state index in [1.165, 1.54) is 52.1 Å². The number of halogens is 3. The summed E-state index contributed by atoms with van der Waals surface area (Å²) < 4.78 is 66.2. The number of aromatic hydroxyl groups is 1. The molecule has 0 aliphatic rings. The summed E-state index contributed by atoms with van der Waals surface area (Å²) in [5, 5.41) is 20.5. The first-order valence-corrected chi connectivity index (χ1v) is 25.3. The van der Waals surface area contributed by atoms with Crippen molar-refractivity contribution in [3.63, 3.8) is 0 Å². The molecule has 60 heavy (non-hydrogen) atoms. The molecule has 0 amide bonds. The van der Waals surface area contributed by atoms with E-state index in [0.717, 1.165) is 16.1 Å². The van der Waals surface area contributed by atoms with Crippen LogP contribution < -0.4 is 5.32 Å². The van der Waals surface area contributed by atoms with Crippen molar-refractivity contribution in [3.05, 3.63) is 129 Å². The first-order chi connectivity index (χ1) is 27.7. The fourth-order valence-electron chi connectivity index (χ4n) is 3.55. The Morgan fingerprint density at radius 3 is 1.23 bits per heavy atom. The Balaban J connectivity index is 0. The lowest BCUT2D eigenvalue weighted by atomic mass is 10.1. The number of phenolic OH excluding ortho intramolecular Hbond substituents is 1. The molecule has 0 aliphatic carbocycles. The lowest BCUT2D eigenvalue weighted by Crippen LogP contribution is -2.19. The smallest absolute Gasteiger partial charge is 0.508 e. The maximum Gasteiger partial charge on any atom is 0.745 e. The Hall–Kier alpha value is -2.23. The van der Waals surface area contributed by atoms with Gasteiger partial charge < -0.3 is 35.1 Å². The van der Waals surface area contributed by atoms with Crippen LogP contribution in [0.4, 0.5) is 5.69 Å². The second-order valence-corrected chi connectivity index (χ2v) is 19.2. The molecular weight excluding hydrogens is 979 g/mol. The fourth-order valence-corrected chi connectivity index (χ4v) is 7.18. The maximum absolute atomic E-state index is 10.9. The highest BCUT2D eigenvalue weighted by molar-refractivity contribution is 7.71. The van der Waals surface area contributed by atoms with Gasteiger partial charge in [-0.25, -0.2) is 0 Å². The van der Waals surface area contributed by atoms with Gasteiger partial charge in [0.05, 0.1) is 6.61 Å². The molecule has 0 saturated carbocycles. The van der Waals surface area contributed by atoms with E-state index in [4.69, 9.17) is 84.2 Å². The molecule has 0 radical (unpaired) electrons. The number of aliphatic hydroxyl groups is 1. The molecule has 4 unspecified atom stereocenters. The van der Waals surface area contributed by atoms with Gasteiger partial charge in [0.25, 0.3) is 0 Å². The van der Waals surface area contributed by atoms with E-state index < -0.39 is 53.7 Å². The van der Waals surface area contributed by atoms with Crippen molar-refractivity contribution in [1.82, 2.24) is 0 Å². The van der Waals surface area contributed by atoms with Crippen LogP contribution in [-0.2, 0) is 54.4 Å². The van der Waals surface area contributed by atoms with Crippen LogP contribution in [0.5, 0.6) is 5.75 Å². The van der Waals surface area contributed by atoms with Gasteiger partial charge in [0.2, 0.25) is 5.52 Å². The van der Waals surface area contributed by atoms with Crippen molar-refractivity contribution in [2.75, 3.05) is 5.32 Å². The Labute approximate surface area is 364 Å². The van der Waals surface area contributed by atoms with Gasteiger partial charge in [0, 0.05) is 40.7 Å². The van der Waals surface area contributed by atoms with E-state index in [1.54, 1.807) is 0 Å². The molecule has 0 heterocycles. The van der Waals surface area contributed by atoms with Crippen LogP contribution >= 0.6 is 83.0 Å². The second-order valence-electron chi connectivity index (χ2n) is 11.2. The first kappa shape index (κ1) is 59.9. The van der Waals surface area contributed by atoms with Crippen LogP contribution in [0, 0.1) is 27.7 Å². The predicted octanol–water partition coefficient (Wildman–Crippen LogP) is 8.96. The lowest BCUT2D eigenvalue weighted by Gasteiger charge is -2.21. The van der Waals surface area contributed by atoms with Crippen molar-refractivity contribution in [2.45, 2.75) is 51.6 Å². The molecule has 0 aliphatic heterocycles. The zero-order chi connectivity index (χ0) is 46.8. The van der Waals surface area contributed by atoms with E-state index in [9.17, 15) is 27.4 Å². The zero-order valence-electron chi connectivity index (χ0n) is 31.8. The molecule has 0 spiro atoms. The molecule has 4 aromatic rings. The summed E-state index contributed by atoms with van der Waals surface area (Å²) in [6, 6.07) is 24.6. The highest BCUT2D eigenvalue weighted by Gasteiger charge is 2.43. The second kappa shape index (κ2) is 31.6. The number of aliphatic hydroxyl groups excluding tert-OH is 1. The van der Waals surface area contributed by atoms with E-state index in [2.05, 4.69) is 54.5 Å². The summed E-state index contributed by atoms with van der Waals surface area (Å²) in [6.07, 6.45) is 0. The zero-order valence-corrected chi connectivity index (χ0v) is 39.5. The maximum atomic E-state index is 10.9. The van der Waals surface area contributed by atoms with Gasteiger partial charge in [-0.15, -0.1) is 42.8 Å². The van der Waals surface area contributed by atoms with Crippen LogP contribution in [-0.4, -0.2) is 54.9 Å². The van der Waals surface area contributed by atoms with Crippen LogP contribution in [0.15, 0.2) is 84.9 Å².